The standard InChI is InChI=1S/C33H37N5O4S/c1-33(2,3)42-32(41)36-20-27(39)37-26-21-43-30-28(34-18-22-10-6-4-7-11-22)25(19-35-29(26)30)31(40)38-16-14-24(15-17-38)23-12-8-5-9-13-23/h4-13,19,21,24H,14-18,20H2,1-3H3,(H,34,35)(H,36,41)(H,37,39). The van der Waals surface area contributed by atoms with Crippen molar-refractivity contribution >= 4 is 50.8 Å². The fourth-order valence-electron chi connectivity index (χ4n) is 5.16. The number of thiophene rings is 1. The summed E-state index contributed by atoms with van der Waals surface area (Å²) < 4.78 is 5.98. The highest BCUT2D eigenvalue weighted by Gasteiger charge is 2.28. The highest BCUT2D eigenvalue weighted by molar-refractivity contribution is 7.18. The molecule has 0 spiro atoms. The molecule has 10 heteroatoms. The van der Waals surface area contributed by atoms with Gasteiger partial charge in [0.05, 0.1) is 21.6 Å². The topological polar surface area (TPSA) is 113 Å². The number of fused-ring (bicyclic) bond motifs is 1. The molecule has 0 atom stereocenters. The van der Waals surface area contributed by atoms with E-state index in [0.717, 1.165) is 23.1 Å². The van der Waals surface area contributed by atoms with Crippen LogP contribution in [0.2, 0.25) is 0 Å². The Bertz CT molecular complexity index is 1580. The van der Waals surface area contributed by atoms with E-state index in [1.165, 1.54) is 16.9 Å². The van der Waals surface area contributed by atoms with Crippen molar-refractivity contribution in [1.82, 2.24) is 15.2 Å². The molecule has 3 heterocycles. The van der Waals surface area contributed by atoms with Gasteiger partial charge in [-0.15, -0.1) is 11.3 Å². The van der Waals surface area contributed by atoms with Crippen LogP contribution in [0.5, 0.6) is 0 Å². The Balaban J connectivity index is 1.34. The quantitative estimate of drug-likeness (QED) is 0.216. The van der Waals surface area contributed by atoms with Gasteiger partial charge in [0.25, 0.3) is 5.91 Å². The van der Waals surface area contributed by atoms with Crippen LogP contribution >= 0.6 is 11.3 Å². The molecule has 3 N–H and O–H groups in total. The molecule has 1 aliphatic rings. The van der Waals surface area contributed by atoms with Gasteiger partial charge in [0, 0.05) is 31.2 Å². The molecule has 0 saturated carbocycles. The van der Waals surface area contributed by atoms with E-state index in [9.17, 15) is 14.4 Å². The predicted molar refractivity (Wildman–Crippen MR) is 171 cm³/mol. The van der Waals surface area contributed by atoms with Gasteiger partial charge in [0.1, 0.15) is 17.7 Å². The normalized spacial score (nSPS) is 13.9. The molecule has 5 rings (SSSR count). The lowest BCUT2D eigenvalue weighted by molar-refractivity contribution is -0.115. The lowest BCUT2D eigenvalue weighted by Gasteiger charge is -2.32. The van der Waals surface area contributed by atoms with Crippen LogP contribution in [0.25, 0.3) is 10.2 Å². The van der Waals surface area contributed by atoms with Crippen molar-refractivity contribution in [2.45, 2.75) is 51.7 Å². The number of likely N-dealkylation sites (tertiary alicyclic amines) is 1. The maximum absolute atomic E-state index is 13.9. The number of carbonyl (C=O) groups is 3. The number of hydrogen-bond acceptors (Lipinski definition) is 7. The third kappa shape index (κ3) is 7.70. The molecule has 0 radical (unpaired) electrons. The molecule has 1 fully saturated rings. The zero-order chi connectivity index (χ0) is 30.4. The van der Waals surface area contributed by atoms with Gasteiger partial charge in [-0.1, -0.05) is 60.7 Å². The van der Waals surface area contributed by atoms with Crippen LogP contribution in [-0.4, -0.2) is 53.0 Å². The van der Waals surface area contributed by atoms with Crippen LogP contribution in [0.3, 0.4) is 0 Å². The SMILES string of the molecule is CC(C)(C)OC(=O)NCC(=O)Nc1csc2c(NCc3ccccc3)c(C(=O)N3CCC(c4ccccc4)CC3)cnc12. The second-order valence-electron chi connectivity index (χ2n) is 11.6. The summed E-state index contributed by atoms with van der Waals surface area (Å²) in [7, 11) is 0. The van der Waals surface area contributed by atoms with E-state index in [-0.39, 0.29) is 12.5 Å². The molecular formula is C33H37N5O4S. The summed E-state index contributed by atoms with van der Waals surface area (Å²) in [4.78, 5) is 45.0. The van der Waals surface area contributed by atoms with Gasteiger partial charge in [-0.25, -0.2) is 4.79 Å². The predicted octanol–water partition coefficient (Wildman–Crippen LogP) is 6.39. The molecule has 3 amide bonds. The molecule has 4 aromatic rings. The number of aromatic nitrogens is 1. The Hall–Kier alpha value is -4.44. The second-order valence-corrected chi connectivity index (χ2v) is 12.5. The van der Waals surface area contributed by atoms with Crippen molar-refractivity contribution in [2.75, 3.05) is 30.3 Å². The third-order valence-electron chi connectivity index (χ3n) is 7.25. The first-order valence-electron chi connectivity index (χ1n) is 14.5. The molecule has 0 bridgehead atoms. The van der Waals surface area contributed by atoms with Gasteiger partial charge in [-0.2, -0.15) is 0 Å². The fourth-order valence-corrected chi connectivity index (χ4v) is 6.14. The van der Waals surface area contributed by atoms with E-state index >= 15 is 0 Å². The molecular weight excluding hydrogens is 562 g/mol. The van der Waals surface area contributed by atoms with E-state index in [2.05, 4.69) is 45.2 Å². The van der Waals surface area contributed by atoms with Crippen LogP contribution in [0, 0.1) is 0 Å². The van der Waals surface area contributed by atoms with Crippen molar-refractivity contribution in [1.29, 1.82) is 0 Å². The van der Waals surface area contributed by atoms with E-state index in [1.807, 2.05) is 41.3 Å². The Kier molecular flexibility index (Phi) is 9.25. The zero-order valence-corrected chi connectivity index (χ0v) is 25.5. The van der Waals surface area contributed by atoms with Gasteiger partial charge in [0.15, 0.2) is 0 Å². The van der Waals surface area contributed by atoms with Gasteiger partial charge in [0.2, 0.25) is 5.91 Å². The minimum absolute atomic E-state index is 0.0583. The highest BCUT2D eigenvalue weighted by Crippen LogP contribution is 2.37. The van der Waals surface area contributed by atoms with Crippen molar-refractivity contribution in [3.63, 3.8) is 0 Å². The van der Waals surface area contributed by atoms with E-state index in [1.54, 1.807) is 32.3 Å². The van der Waals surface area contributed by atoms with Crippen LogP contribution in [0.15, 0.2) is 72.2 Å². The number of nitrogens with zero attached hydrogens (tertiary/aromatic N) is 2. The second kappa shape index (κ2) is 13.2. The molecule has 0 unspecified atom stereocenters. The first kappa shape index (κ1) is 30.0. The Morgan fingerprint density at radius 3 is 2.35 bits per heavy atom. The summed E-state index contributed by atoms with van der Waals surface area (Å²) in [6.07, 6.45) is 2.75. The molecule has 1 aliphatic heterocycles. The van der Waals surface area contributed by atoms with Gasteiger partial charge in [-0.05, 0) is 50.7 Å². The largest absolute Gasteiger partial charge is 0.444 e. The number of alkyl carbamates (subject to hydrolysis) is 1. The number of rotatable bonds is 8. The summed E-state index contributed by atoms with van der Waals surface area (Å²) in [5.41, 5.74) is 4.02. The molecule has 0 aliphatic carbocycles. The number of hydrogen-bond donors (Lipinski definition) is 3. The highest BCUT2D eigenvalue weighted by atomic mass is 32.1. The number of pyridine rings is 1. The van der Waals surface area contributed by atoms with Crippen molar-refractivity contribution < 1.29 is 19.1 Å². The number of anilines is 2. The van der Waals surface area contributed by atoms with Gasteiger partial charge < -0.3 is 25.6 Å². The van der Waals surface area contributed by atoms with Crippen molar-refractivity contribution in [3.8, 4) is 0 Å². The zero-order valence-electron chi connectivity index (χ0n) is 24.7. The van der Waals surface area contributed by atoms with Gasteiger partial charge >= 0.3 is 6.09 Å². The fraction of sp³-hybridized carbons (Fsp3) is 0.333. The molecule has 224 valence electrons. The number of ether oxygens (including phenoxy) is 1. The molecule has 43 heavy (non-hydrogen) atoms. The van der Waals surface area contributed by atoms with E-state index in [0.29, 0.717) is 48.0 Å². The lowest BCUT2D eigenvalue weighted by Crippen LogP contribution is -2.38. The molecule has 9 nitrogen and oxygen atoms in total. The van der Waals surface area contributed by atoms with Crippen LogP contribution in [-0.2, 0) is 16.1 Å². The Morgan fingerprint density at radius 1 is 1.00 bits per heavy atom. The molecule has 2 aromatic heterocycles. The monoisotopic (exact) mass is 599 g/mol. The molecule has 1 saturated heterocycles. The maximum atomic E-state index is 13.9. The van der Waals surface area contributed by atoms with Crippen molar-refractivity contribution in [2.24, 2.45) is 0 Å². The smallest absolute Gasteiger partial charge is 0.408 e. The maximum Gasteiger partial charge on any atom is 0.408 e. The summed E-state index contributed by atoms with van der Waals surface area (Å²) in [6, 6.07) is 20.4. The lowest BCUT2D eigenvalue weighted by atomic mass is 9.89. The van der Waals surface area contributed by atoms with Crippen molar-refractivity contribution in [3.05, 3.63) is 88.9 Å². The van der Waals surface area contributed by atoms with E-state index in [4.69, 9.17) is 4.74 Å². The van der Waals surface area contributed by atoms with Gasteiger partial charge in [-0.3, -0.25) is 14.6 Å². The van der Waals surface area contributed by atoms with Crippen LogP contribution in [0.1, 0.15) is 61.0 Å². The summed E-state index contributed by atoms with van der Waals surface area (Å²) in [5.74, 6) is -0.0283. The number of amides is 3. The number of piperidine rings is 1. The minimum Gasteiger partial charge on any atom is -0.444 e. The average molecular weight is 600 g/mol. The first-order chi connectivity index (χ1) is 20.7. The van der Waals surface area contributed by atoms with E-state index < -0.39 is 17.6 Å². The summed E-state index contributed by atoms with van der Waals surface area (Å²) in [6.45, 7) is 6.88. The number of carbonyl (C=O) groups excluding carboxylic acids is 3. The minimum atomic E-state index is -0.667. The van der Waals surface area contributed by atoms with Crippen LogP contribution in [0.4, 0.5) is 16.2 Å². The summed E-state index contributed by atoms with van der Waals surface area (Å²) >= 11 is 1.40. The number of benzene rings is 2. The third-order valence-corrected chi connectivity index (χ3v) is 8.23. The Morgan fingerprint density at radius 2 is 1.67 bits per heavy atom. The van der Waals surface area contributed by atoms with Crippen LogP contribution < -0.4 is 16.0 Å². The first-order valence-corrected chi connectivity index (χ1v) is 15.3. The Labute approximate surface area is 255 Å². The number of nitrogens with one attached hydrogen (secondary N) is 3. The summed E-state index contributed by atoms with van der Waals surface area (Å²) in [5, 5.41) is 10.6. The molecule has 2 aromatic carbocycles. The average Bonchev–Trinajstić information content (AvgIpc) is 3.41.